The third-order valence-corrected chi connectivity index (χ3v) is 3.78. The van der Waals surface area contributed by atoms with Gasteiger partial charge >= 0.3 is 12.1 Å². The van der Waals surface area contributed by atoms with Crippen molar-refractivity contribution in [3.63, 3.8) is 0 Å². The fourth-order valence-electron chi connectivity index (χ4n) is 2.29. The Hall–Kier alpha value is -2.28. The number of alkyl carbamates (subject to hydrolysis) is 1. The Morgan fingerprint density at radius 3 is 2.12 bits per heavy atom. The molecule has 0 fully saturated rings. The number of rotatable bonds is 8. The van der Waals surface area contributed by atoms with E-state index in [4.69, 9.17) is 21.4 Å². The van der Waals surface area contributed by atoms with E-state index in [1.807, 2.05) is 0 Å². The molecule has 8 heteroatoms. The van der Waals surface area contributed by atoms with Crippen LogP contribution in [0.15, 0.2) is 24.3 Å². The lowest BCUT2D eigenvalue weighted by atomic mass is 10.00. The van der Waals surface area contributed by atoms with Crippen LogP contribution in [0.1, 0.15) is 45.7 Å². The molecule has 144 valence electrons. The second-order valence-electron chi connectivity index (χ2n) is 6.53. The van der Waals surface area contributed by atoms with Gasteiger partial charge in [-0.2, -0.15) is 0 Å². The van der Waals surface area contributed by atoms with Gasteiger partial charge in [0.05, 0.1) is 18.6 Å². The first-order valence-corrected chi connectivity index (χ1v) is 8.72. The Labute approximate surface area is 158 Å². The summed E-state index contributed by atoms with van der Waals surface area (Å²) in [6, 6.07) is 4.94. The number of carbonyl (C=O) groups excluding carboxylic acids is 2. The minimum Gasteiger partial charge on any atom is -0.481 e. The molecule has 3 N–H and O–H groups in total. The maximum absolute atomic E-state index is 12.6. The van der Waals surface area contributed by atoms with Crippen molar-refractivity contribution in [2.45, 2.75) is 52.3 Å². The summed E-state index contributed by atoms with van der Waals surface area (Å²) >= 11 is 5.85. The number of carboxylic acids is 1. The van der Waals surface area contributed by atoms with Gasteiger partial charge in [0.25, 0.3) is 0 Å². The molecule has 0 aliphatic rings. The molecule has 0 unspecified atom stereocenters. The molecule has 0 heterocycles. The second-order valence-corrected chi connectivity index (χ2v) is 6.97. The van der Waals surface area contributed by atoms with E-state index in [1.54, 1.807) is 52.0 Å². The number of halogens is 1. The van der Waals surface area contributed by atoms with Crippen LogP contribution >= 0.6 is 11.6 Å². The van der Waals surface area contributed by atoms with Gasteiger partial charge in [-0.3, -0.25) is 9.59 Å². The van der Waals surface area contributed by atoms with E-state index in [9.17, 15) is 14.4 Å². The number of aliphatic carboxylic acids is 1. The average molecular weight is 385 g/mol. The van der Waals surface area contributed by atoms with Crippen molar-refractivity contribution in [1.82, 2.24) is 10.6 Å². The molecular weight excluding hydrogens is 360 g/mol. The predicted molar refractivity (Wildman–Crippen MR) is 98.0 cm³/mol. The Bertz CT molecular complexity index is 631. The molecule has 2 atom stereocenters. The molecule has 0 aliphatic carbocycles. The summed E-state index contributed by atoms with van der Waals surface area (Å²) in [5.74, 6) is -1.76. The Morgan fingerprint density at radius 2 is 1.65 bits per heavy atom. The van der Waals surface area contributed by atoms with Crippen LogP contribution in [0.25, 0.3) is 0 Å². The van der Waals surface area contributed by atoms with Gasteiger partial charge in [0.15, 0.2) is 0 Å². The number of carboxylic acid groups (broad SMARTS) is 1. The number of nitrogens with one attached hydrogen (secondary N) is 2. The van der Waals surface area contributed by atoms with E-state index in [0.717, 1.165) is 0 Å². The Kier molecular flexibility index (Phi) is 8.38. The highest BCUT2D eigenvalue weighted by Crippen LogP contribution is 2.20. The second kappa shape index (κ2) is 10.0. The molecule has 0 aromatic heterocycles. The maximum atomic E-state index is 12.6. The average Bonchev–Trinajstić information content (AvgIpc) is 2.51. The lowest BCUT2D eigenvalue weighted by Crippen LogP contribution is -2.51. The molecule has 0 spiro atoms. The molecule has 26 heavy (non-hydrogen) atoms. The molecule has 0 aliphatic heterocycles. The van der Waals surface area contributed by atoms with E-state index in [2.05, 4.69) is 10.6 Å². The zero-order chi connectivity index (χ0) is 19.9. The van der Waals surface area contributed by atoms with Crippen molar-refractivity contribution < 1.29 is 24.2 Å². The molecule has 2 amide bonds. The first-order chi connectivity index (χ1) is 12.1. The van der Waals surface area contributed by atoms with Crippen LogP contribution in [0.3, 0.4) is 0 Å². The van der Waals surface area contributed by atoms with Crippen LogP contribution < -0.4 is 10.6 Å². The van der Waals surface area contributed by atoms with Gasteiger partial charge in [0, 0.05) is 5.02 Å². The molecule has 7 nitrogen and oxygen atoms in total. The fraction of sp³-hybridized carbons (Fsp3) is 0.500. The zero-order valence-electron chi connectivity index (χ0n) is 15.3. The number of hydrogen-bond acceptors (Lipinski definition) is 4. The summed E-state index contributed by atoms with van der Waals surface area (Å²) in [7, 11) is 0. The molecular formula is C18H25ClN2O5. The summed E-state index contributed by atoms with van der Waals surface area (Å²) in [6.45, 7) is 6.95. The SMILES string of the molecule is CC(C)OC(=O)N[C@H](C(=O)N[C@H](CC(=O)O)c1ccc(Cl)cc1)C(C)C. The molecule has 1 aromatic carbocycles. The monoisotopic (exact) mass is 384 g/mol. The highest BCUT2D eigenvalue weighted by molar-refractivity contribution is 6.30. The third kappa shape index (κ3) is 7.31. The van der Waals surface area contributed by atoms with Crippen LogP contribution in [-0.2, 0) is 14.3 Å². The van der Waals surface area contributed by atoms with Gasteiger partial charge in [0.1, 0.15) is 6.04 Å². The highest BCUT2D eigenvalue weighted by Gasteiger charge is 2.28. The van der Waals surface area contributed by atoms with E-state index in [0.29, 0.717) is 10.6 Å². The Morgan fingerprint density at radius 1 is 1.08 bits per heavy atom. The molecule has 0 radical (unpaired) electrons. The van der Waals surface area contributed by atoms with Crippen LogP contribution in [0.4, 0.5) is 4.79 Å². The summed E-state index contributed by atoms with van der Waals surface area (Å²) in [5.41, 5.74) is 0.609. The van der Waals surface area contributed by atoms with Crippen molar-refractivity contribution in [2.24, 2.45) is 5.92 Å². The van der Waals surface area contributed by atoms with Crippen LogP contribution in [-0.4, -0.2) is 35.2 Å². The van der Waals surface area contributed by atoms with Crippen molar-refractivity contribution in [1.29, 1.82) is 0 Å². The van der Waals surface area contributed by atoms with Gasteiger partial charge in [0.2, 0.25) is 5.91 Å². The van der Waals surface area contributed by atoms with E-state index in [-0.39, 0.29) is 18.4 Å². The summed E-state index contributed by atoms with van der Waals surface area (Å²) in [4.78, 5) is 35.6. The molecule has 0 saturated heterocycles. The van der Waals surface area contributed by atoms with Gasteiger partial charge in [-0.25, -0.2) is 4.79 Å². The largest absolute Gasteiger partial charge is 0.481 e. The molecule has 1 rings (SSSR count). The van der Waals surface area contributed by atoms with Crippen molar-refractivity contribution in [3.05, 3.63) is 34.9 Å². The molecule has 0 bridgehead atoms. The first kappa shape index (κ1) is 21.8. The summed E-state index contributed by atoms with van der Waals surface area (Å²) < 4.78 is 5.01. The van der Waals surface area contributed by atoms with Crippen molar-refractivity contribution >= 4 is 29.6 Å². The van der Waals surface area contributed by atoms with Gasteiger partial charge in [-0.15, -0.1) is 0 Å². The first-order valence-electron chi connectivity index (χ1n) is 8.35. The van der Waals surface area contributed by atoms with E-state index in [1.165, 1.54) is 0 Å². The Balaban J connectivity index is 2.92. The number of ether oxygens (including phenoxy) is 1. The standard InChI is InChI=1S/C18H25ClN2O5/c1-10(2)16(21-18(25)26-11(3)4)17(24)20-14(9-15(22)23)12-5-7-13(19)8-6-12/h5-8,10-11,14,16H,9H2,1-4H3,(H,20,24)(H,21,25)(H,22,23)/t14-,16+/m1/s1. The van der Waals surface area contributed by atoms with Crippen LogP contribution in [0, 0.1) is 5.92 Å². The van der Waals surface area contributed by atoms with Gasteiger partial charge < -0.3 is 20.5 Å². The number of hydrogen-bond donors (Lipinski definition) is 3. The number of carbonyl (C=O) groups is 3. The summed E-state index contributed by atoms with van der Waals surface area (Å²) in [5, 5.41) is 14.9. The summed E-state index contributed by atoms with van der Waals surface area (Å²) in [6.07, 6.45) is -1.32. The normalized spacial score (nSPS) is 13.2. The zero-order valence-corrected chi connectivity index (χ0v) is 16.0. The quantitative estimate of drug-likeness (QED) is 0.638. The minimum absolute atomic E-state index is 0.217. The maximum Gasteiger partial charge on any atom is 0.408 e. The molecule has 1 aromatic rings. The topological polar surface area (TPSA) is 105 Å². The number of benzene rings is 1. The van der Waals surface area contributed by atoms with E-state index < -0.39 is 30.1 Å². The van der Waals surface area contributed by atoms with Gasteiger partial charge in [-0.1, -0.05) is 37.6 Å². The highest BCUT2D eigenvalue weighted by atomic mass is 35.5. The number of amides is 2. The lowest BCUT2D eigenvalue weighted by molar-refractivity contribution is -0.137. The lowest BCUT2D eigenvalue weighted by Gasteiger charge is -2.25. The fourth-order valence-corrected chi connectivity index (χ4v) is 2.42. The minimum atomic E-state index is -1.06. The van der Waals surface area contributed by atoms with Crippen LogP contribution in [0.2, 0.25) is 5.02 Å². The predicted octanol–water partition coefficient (Wildman–Crippen LogP) is 3.13. The van der Waals surface area contributed by atoms with E-state index >= 15 is 0 Å². The third-order valence-electron chi connectivity index (χ3n) is 3.53. The van der Waals surface area contributed by atoms with Crippen LogP contribution in [0.5, 0.6) is 0 Å². The van der Waals surface area contributed by atoms with Gasteiger partial charge in [-0.05, 0) is 37.5 Å². The van der Waals surface area contributed by atoms with Crippen molar-refractivity contribution in [3.8, 4) is 0 Å². The van der Waals surface area contributed by atoms with Crippen molar-refractivity contribution in [2.75, 3.05) is 0 Å². The molecule has 0 saturated carbocycles. The smallest absolute Gasteiger partial charge is 0.408 e.